The quantitative estimate of drug-likeness (QED) is 0.809. The van der Waals surface area contributed by atoms with Crippen molar-refractivity contribution in [3.8, 4) is 6.07 Å². The molecule has 2 aliphatic carbocycles. The van der Waals surface area contributed by atoms with E-state index in [1.54, 1.807) is 0 Å². The van der Waals surface area contributed by atoms with E-state index in [2.05, 4.69) is 23.2 Å². The number of piperidine rings is 1. The van der Waals surface area contributed by atoms with Crippen LogP contribution in [0.5, 0.6) is 0 Å². The number of nitriles is 1. The number of nitrogens with zero attached hydrogens (tertiary/aromatic N) is 2. The van der Waals surface area contributed by atoms with Gasteiger partial charge in [-0.05, 0) is 77.3 Å². The third kappa shape index (κ3) is 3.35. The number of rotatable bonds is 6. The molecule has 0 aromatic rings. The minimum Gasteiger partial charge on any atom is -0.300 e. The molecule has 2 saturated carbocycles. The molecule has 3 aliphatic rings. The summed E-state index contributed by atoms with van der Waals surface area (Å²) in [6.07, 6.45) is 11.8. The van der Waals surface area contributed by atoms with E-state index >= 15 is 0 Å². The molecule has 1 heterocycles. The minimum absolute atomic E-state index is 0.300. The first-order chi connectivity index (χ1) is 9.70. The van der Waals surface area contributed by atoms with Crippen molar-refractivity contribution in [1.82, 2.24) is 10.2 Å². The highest BCUT2D eigenvalue weighted by Crippen LogP contribution is 2.37. The van der Waals surface area contributed by atoms with Crippen LogP contribution in [0.3, 0.4) is 0 Å². The molecular formula is C17H29N3. The Kier molecular flexibility index (Phi) is 4.33. The van der Waals surface area contributed by atoms with Gasteiger partial charge < -0.3 is 4.90 Å². The molecule has 0 bridgehead atoms. The zero-order chi connectivity index (χ0) is 14.0. The van der Waals surface area contributed by atoms with Crippen LogP contribution in [0.2, 0.25) is 0 Å². The second-order valence-electron chi connectivity index (χ2n) is 7.40. The molecule has 1 N–H and O–H groups in total. The summed E-state index contributed by atoms with van der Waals surface area (Å²) in [5, 5.41) is 12.9. The Labute approximate surface area is 123 Å². The molecule has 3 rings (SSSR count). The van der Waals surface area contributed by atoms with Crippen molar-refractivity contribution in [2.75, 3.05) is 13.1 Å². The first-order valence-electron chi connectivity index (χ1n) is 8.63. The highest BCUT2D eigenvalue weighted by atomic mass is 15.2. The molecule has 3 atom stereocenters. The lowest BCUT2D eigenvalue weighted by Gasteiger charge is -2.38. The average molecular weight is 275 g/mol. The number of nitrogens with one attached hydrogen (secondary N) is 1. The standard InChI is InChI=1S/C17H29N3/c1-17(13-18,19-15-8-9-15)10-4-12-20-11-3-6-14-5-2-7-16(14)20/h14-16,19H,2-12H2,1H3. The smallest absolute Gasteiger partial charge is 0.104 e. The maximum atomic E-state index is 9.42. The molecule has 3 fully saturated rings. The summed E-state index contributed by atoms with van der Waals surface area (Å²) < 4.78 is 0. The maximum absolute atomic E-state index is 9.42. The minimum atomic E-state index is -0.300. The van der Waals surface area contributed by atoms with E-state index in [0.29, 0.717) is 6.04 Å². The van der Waals surface area contributed by atoms with Gasteiger partial charge in [0.1, 0.15) is 5.54 Å². The van der Waals surface area contributed by atoms with Crippen LogP contribution in [-0.4, -0.2) is 35.6 Å². The monoisotopic (exact) mass is 275 g/mol. The van der Waals surface area contributed by atoms with Crippen LogP contribution < -0.4 is 5.32 Å². The zero-order valence-corrected chi connectivity index (χ0v) is 12.9. The van der Waals surface area contributed by atoms with Crippen LogP contribution in [0.1, 0.15) is 64.7 Å². The Balaban J connectivity index is 1.45. The van der Waals surface area contributed by atoms with Crippen LogP contribution in [0.15, 0.2) is 0 Å². The summed E-state index contributed by atoms with van der Waals surface area (Å²) in [5.41, 5.74) is -0.300. The van der Waals surface area contributed by atoms with Gasteiger partial charge in [0.25, 0.3) is 0 Å². The molecule has 0 aromatic carbocycles. The molecule has 0 aromatic heterocycles. The van der Waals surface area contributed by atoms with Crippen LogP contribution >= 0.6 is 0 Å². The van der Waals surface area contributed by atoms with E-state index < -0.39 is 0 Å². The third-order valence-corrected chi connectivity index (χ3v) is 5.58. The lowest BCUT2D eigenvalue weighted by molar-refractivity contribution is 0.109. The van der Waals surface area contributed by atoms with Gasteiger partial charge in [0, 0.05) is 12.1 Å². The highest BCUT2D eigenvalue weighted by Gasteiger charge is 2.35. The van der Waals surface area contributed by atoms with Crippen molar-refractivity contribution in [2.45, 2.75) is 82.3 Å². The molecule has 3 nitrogen and oxygen atoms in total. The fourth-order valence-electron chi connectivity index (χ4n) is 4.31. The Morgan fingerprint density at radius 2 is 2.00 bits per heavy atom. The summed E-state index contributed by atoms with van der Waals surface area (Å²) in [5.74, 6) is 0.982. The Morgan fingerprint density at radius 1 is 1.20 bits per heavy atom. The molecule has 0 radical (unpaired) electrons. The highest BCUT2D eigenvalue weighted by molar-refractivity contribution is 5.07. The predicted octanol–water partition coefficient (Wildman–Crippen LogP) is 3.07. The van der Waals surface area contributed by atoms with Crippen LogP contribution in [0.4, 0.5) is 0 Å². The molecule has 3 unspecified atom stereocenters. The van der Waals surface area contributed by atoms with E-state index in [1.807, 2.05) is 0 Å². The van der Waals surface area contributed by atoms with Gasteiger partial charge in [-0.15, -0.1) is 0 Å². The van der Waals surface area contributed by atoms with Gasteiger partial charge in [-0.3, -0.25) is 5.32 Å². The van der Waals surface area contributed by atoms with E-state index in [-0.39, 0.29) is 5.54 Å². The fourth-order valence-corrected chi connectivity index (χ4v) is 4.31. The van der Waals surface area contributed by atoms with Crippen molar-refractivity contribution in [3.05, 3.63) is 0 Å². The summed E-state index contributed by atoms with van der Waals surface area (Å²) >= 11 is 0. The number of hydrogen-bond acceptors (Lipinski definition) is 3. The summed E-state index contributed by atoms with van der Waals surface area (Å²) in [7, 11) is 0. The Hall–Kier alpha value is -0.590. The normalized spacial score (nSPS) is 33.4. The van der Waals surface area contributed by atoms with Gasteiger partial charge in [-0.1, -0.05) is 6.42 Å². The second-order valence-corrected chi connectivity index (χ2v) is 7.40. The number of likely N-dealkylation sites (tertiary alicyclic amines) is 1. The molecular weight excluding hydrogens is 246 g/mol. The van der Waals surface area contributed by atoms with Gasteiger partial charge in [-0.2, -0.15) is 5.26 Å². The van der Waals surface area contributed by atoms with Crippen molar-refractivity contribution in [3.63, 3.8) is 0 Å². The van der Waals surface area contributed by atoms with Gasteiger partial charge in [0.2, 0.25) is 0 Å². The second kappa shape index (κ2) is 6.03. The number of fused-ring (bicyclic) bond motifs is 1. The van der Waals surface area contributed by atoms with Gasteiger partial charge >= 0.3 is 0 Å². The van der Waals surface area contributed by atoms with Gasteiger partial charge in [-0.25, -0.2) is 0 Å². The SMILES string of the molecule is CC(C#N)(CCCN1CCCC2CCCC21)NC1CC1. The van der Waals surface area contributed by atoms with Gasteiger partial charge in [0.05, 0.1) is 6.07 Å². The molecule has 0 amide bonds. The first-order valence-corrected chi connectivity index (χ1v) is 8.63. The third-order valence-electron chi connectivity index (χ3n) is 5.58. The first kappa shape index (κ1) is 14.4. The number of hydrogen-bond donors (Lipinski definition) is 1. The zero-order valence-electron chi connectivity index (χ0n) is 12.9. The predicted molar refractivity (Wildman–Crippen MR) is 81.3 cm³/mol. The van der Waals surface area contributed by atoms with E-state index in [9.17, 15) is 5.26 Å². The van der Waals surface area contributed by atoms with E-state index in [0.717, 1.165) is 24.8 Å². The summed E-state index contributed by atoms with van der Waals surface area (Å²) in [6.45, 7) is 4.57. The van der Waals surface area contributed by atoms with Crippen LogP contribution in [0.25, 0.3) is 0 Å². The van der Waals surface area contributed by atoms with Crippen LogP contribution in [0, 0.1) is 17.2 Å². The van der Waals surface area contributed by atoms with E-state index in [4.69, 9.17) is 0 Å². The Morgan fingerprint density at radius 3 is 2.75 bits per heavy atom. The van der Waals surface area contributed by atoms with Crippen molar-refractivity contribution >= 4 is 0 Å². The lowest BCUT2D eigenvalue weighted by Crippen LogP contribution is -2.45. The Bertz CT molecular complexity index is 371. The molecule has 112 valence electrons. The van der Waals surface area contributed by atoms with Crippen molar-refractivity contribution in [2.24, 2.45) is 5.92 Å². The molecule has 20 heavy (non-hydrogen) atoms. The maximum Gasteiger partial charge on any atom is 0.104 e. The van der Waals surface area contributed by atoms with Gasteiger partial charge in [0.15, 0.2) is 0 Å². The average Bonchev–Trinajstić information content (AvgIpc) is 3.12. The summed E-state index contributed by atoms with van der Waals surface area (Å²) in [4.78, 5) is 2.73. The van der Waals surface area contributed by atoms with E-state index in [1.165, 1.54) is 58.0 Å². The molecule has 3 heteroatoms. The summed E-state index contributed by atoms with van der Waals surface area (Å²) in [6, 6.07) is 3.99. The fraction of sp³-hybridized carbons (Fsp3) is 0.941. The lowest BCUT2D eigenvalue weighted by atomic mass is 9.91. The van der Waals surface area contributed by atoms with Crippen molar-refractivity contribution in [1.29, 1.82) is 5.26 Å². The topological polar surface area (TPSA) is 39.1 Å². The van der Waals surface area contributed by atoms with Crippen LogP contribution in [-0.2, 0) is 0 Å². The molecule has 1 saturated heterocycles. The largest absolute Gasteiger partial charge is 0.300 e. The molecule has 0 spiro atoms. The van der Waals surface area contributed by atoms with Crippen molar-refractivity contribution < 1.29 is 0 Å². The molecule has 1 aliphatic heterocycles.